The van der Waals surface area contributed by atoms with Crippen LogP contribution < -0.4 is 9.64 Å². The summed E-state index contributed by atoms with van der Waals surface area (Å²) in [4.78, 5) is 7.09. The van der Waals surface area contributed by atoms with Crippen molar-refractivity contribution in [2.24, 2.45) is 0 Å². The minimum atomic E-state index is -4.71. The predicted molar refractivity (Wildman–Crippen MR) is 120 cm³/mol. The maximum Gasteiger partial charge on any atom is 0.573 e. The summed E-state index contributed by atoms with van der Waals surface area (Å²) < 4.78 is 42.3. The molecule has 6 heteroatoms. The summed E-state index contributed by atoms with van der Waals surface area (Å²) in [7, 11) is 0. The van der Waals surface area contributed by atoms with E-state index in [1.807, 2.05) is 12.1 Å². The van der Waals surface area contributed by atoms with Crippen molar-refractivity contribution in [1.29, 1.82) is 0 Å². The fraction of sp³-hybridized carbons (Fsp3) is 0.480. The number of pyridine rings is 1. The number of nitrogens with zero attached hydrogens (tertiary/aromatic N) is 2. The lowest BCUT2D eigenvalue weighted by atomic mass is 10.0. The molecule has 0 radical (unpaired) electrons. The largest absolute Gasteiger partial charge is 0.573 e. The standard InChI is InChI=1S/C25H29F3N2O/c1-3-4-5-6-7-8-10-17(2)30-16-20-19-15-18(31-25(26,27)28)13-14-21(19)29-22-11-9-12-23(30)24(20)22/h9,11-15,17H,3-8,10,16H2,1-2H3. The molecule has 0 aliphatic carbocycles. The van der Waals surface area contributed by atoms with Gasteiger partial charge >= 0.3 is 6.36 Å². The van der Waals surface area contributed by atoms with Crippen LogP contribution in [-0.4, -0.2) is 17.4 Å². The van der Waals surface area contributed by atoms with Gasteiger partial charge in [-0.1, -0.05) is 51.5 Å². The number of hydrogen-bond donors (Lipinski definition) is 0. The highest BCUT2D eigenvalue weighted by Crippen LogP contribution is 2.42. The van der Waals surface area contributed by atoms with E-state index in [1.54, 1.807) is 6.07 Å². The van der Waals surface area contributed by atoms with Gasteiger partial charge in [-0.2, -0.15) is 0 Å². The topological polar surface area (TPSA) is 25.4 Å². The molecule has 3 nitrogen and oxygen atoms in total. The first-order valence-electron chi connectivity index (χ1n) is 11.2. The molecule has 1 unspecified atom stereocenters. The Balaban J connectivity index is 1.59. The molecule has 1 aliphatic rings. The fourth-order valence-corrected chi connectivity index (χ4v) is 4.67. The Labute approximate surface area is 181 Å². The zero-order valence-corrected chi connectivity index (χ0v) is 18.1. The van der Waals surface area contributed by atoms with Crippen LogP contribution in [0.5, 0.6) is 5.75 Å². The van der Waals surface area contributed by atoms with Gasteiger partial charge in [0.15, 0.2) is 0 Å². The number of benzene rings is 2. The maximum atomic E-state index is 12.7. The average molecular weight is 431 g/mol. The number of ether oxygens (including phenoxy) is 1. The van der Waals surface area contributed by atoms with Gasteiger partial charge in [0.1, 0.15) is 5.75 Å². The molecule has 0 N–H and O–H groups in total. The number of unbranched alkanes of at least 4 members (excludes halogenated alkanes) is 5. The third-order valence-corrected chi connectivity index (χ3v) is 6.24. The molecule has 0 saturated heterocycles. The summed E-state index contributed by atoms with van der Waals surface area (Å²) in [6.07, 6.45) is 3.98. The molecule has 0 bridgehead atoms. The van der Waals surface area contributed by atoms with Crippen molar-refractivity contribution in [3.8, 4) is 5.75 Å². The van der Waals surface area contributed by atoms with Crippen LogP contribution in [0, 0.1) is 0 Å². The molecular weight excluding hydrogens is 401 g/mol. The lowest BCUT2D eigenvalue weighted by Crippen LogP contribution is -2.29. The Kier molecular flexibility index (Phi) is 6.26. The van der Waals surface area contributed by atoms with Crippen LogP contribution in [-0.2, 0) is 6.54 Å². The number of alkyl halides is 3. The van der Waals surface area contributed by atoms with Gasteiger partial charge in [-0.3, -0.25) is 0 Å². The summed E-state index contributed by atoms with van der Waals surface area (Å²) >= 11 is 0. The van der Waals surface area contributed by atoms with E-state index >= 15 is 0 Å². The smallest absolute Gasteiger partial charge is 0.406 e. The lowest BCUT2D eigenvalue weighted by Gasteiger charge is -2.27. The molecule has 1 aliphatic heterocycles. The van der Waals surface area contributed by atoms with Gasteiger partial charge in [0.05, 0.1) is 11.0 Å². The third-order valence-electron chi connectivity index (χ3n) is 6.24. The second-order valence-corrected chi connectivity index (χ2v) is 8.52. The first kappa shape index (κ1) is 21.7. The second kappa shape index (κ2) is 8.93. The van der Waals surface area contributed by atoms with E-state index in [4.69, 9.17) is 4.98 Å². The highest BCUT2D eigenvalue weighted by Gasteiger charge is 2.32. The average Bonchev–Trinajstić information content (AvgIpc) is 3.11. The van der Waals surface area contributed by atoms with Crippen molar-refractivity contribution >= 4 is 27.5 Å². The van der Waals surface area contributed by atoms with Crippen LogP contribution in [0.15, 0.2) is 36.4 Å². The van der Waals surface area contributed by atoms with Gasteiger partial charge in [0.25, 0.3) is 0 Å². The van der Waals surface area contributed by atoms with E-state index in [0.29, 0.717) is 18.1 Å². The van der Waals surface area contributed by atoms with Gasteiger partial charge in [-0.15, -0.1) is 13.2 Å². The minimum absolute atomic E-state index is 0.201. The number of aromatic nitrogens is 1. The van der Waals surface area contributed by atoms with E-state index in [0.717, 1.165) is 34.0 Å². The van der Waals surface area contributed by atoms with Crippen molar-refractivity contribution < 1.29 is 17.9 Å². The van der Waals surface area contributed by atoms with E-state index in [1.165, 1.54) is 50.7 Å². The molecule has 1 aromatic heterocycles. The van der Waals surface area contributed by atoms with Crippen molar-refractivity contribution in [2.75, 3.05) is 4.90 Å². The molecular formula is C25H29F3N2O. The molecule has 0 amide bonds. The van der Waals surface area contributed by atoms with Crippen LogP contribution in [0.25, 0.3) is 21.8 Å². The molecule has 1 atom stereocenters. The normalized spacial score (nSPS) is 14.5. The third kappa shape index (κ3) is 4.73. The van der Waals surface area contributed by atoms with Crippen LogP contribution in [0.4, 0.5) is 18.9 Å². The summed E-state index contributed by atoms with van der Waals surface area (Å²) in [6.45, 7) is 5.15. The van der Waals surface area contributed by atoms with Gasteiger partial charge in [0.2, 0.25) is 0 Å². The first-order valence-corrected chi connectivity index (χ1v) is 11.2. The van der Waals surface area contributed by atoms with Crippen molar-refractivity contribution in [1.82, 2.24) is 4.98 Å². The molecule has 2 aromatic carbocycles. The van der Waals surface area contributed by atoms with Gasteiger partial charge in [-0.25, -0.2) is 4.98 Å². The maximum absolute atomic E-state index is 12.7. The SMILES string of the molecule is CCCCCCCCC(C)N1Cc2c3cc(OC(F)(F)F)ccc3nc3cccc1c23. The Hall–Kier alpha value is -2.50. The predicted octanol–water partition coefficient (Wildman–Crippen LogP) is 7.75. The number of hydrogen-bond acceptors (Lipinski definition) is 3. The lowest BCUT2D eigenvalue weighted by molar-refractivity contribution is -0.274. The fourth-order valence-electron chi connectivity index (χ4n) is 4.67. The Bertz CT molecular complexity index is 1060. The number of anilines is 1. The first-order chi connectivity index (χ1) is 14.9. The Morgan fingerprint density at radius 3 is 2.58 bits per heavy atom. The number of halogens is 3. The van der Waals surface area contributed by atoms with E-state index in [2.05, 4.69) is 29.6 Å². The van der Waals surface area contributed by atoms with Gasteiger partial charge in [-0.05, 0) is 49.2 Å². The van der Waals surface area contributed by atoms with E-state index in [9.17, 15) is 13.2 Å². The van der Waals surface area contributed by atoms with Crippen molar-refractivity contribution in [3.05, 3.63) is 42.0 Å². The van der Waals surface area contributed by atoms with Crippen molar-refractivity contribution in [3.63, 3.8) is 0 Å². The highest BCUT2D eigenvalue weighted by molar-refractivity contribution is 6.06. The molecule has 0 spiro atoms. The molecule has 0 saturated carbocycles. The van der Waals surface area contributed by atoms with Gasteiger partial charge < -0.3 is 9.64 Å². The Morgan fingerprint density at radius 1 is 1.03 bits per heavy atom. The minimum Gasteiger partial charge on any atom is -0.406 e. The molecule has 3 aromatic rings. The molecule has 31 heavy (non-hydrogen) atoms. The zero-order chi connectivity index (χ0) is 22.0. The number of rotatable bonds is 9. The van der Waals surface area contributed by atoms with Gasteiger partial charge in [0, 0.05) is 29.0 Å². The zero-order valence-electron chi connectivity index (χ0n) is 18.1. The van der Waals surface area contributed by atoms with Crippen molar-refractivity contribution in [2.45, 2.75) is 77.7 Å². The summed E-state index contributed by atoms with van der Waals surface area (Å²) in [6, 6.07) is 10.9. The highest BCUT2D eigenvalue weighted by atomic mass is 19.4. The Morgan fingerprint density at radius 2 is 1.81 bits per heavy atom. The van der Waals surface area contributed by atoms with E-state index < -0.39 is 6.36 Å². The summed E-state index contributed by atoms with van der Waals surface area (Å²) in [5, 5.41) is 1.78. The van der Waals surface area contributed by atoms with Crippen LogP contribution >= 0.6 is 0 Å². The molecule has 4 rings (SSSR count). The van der Waals surface area contributed by atoms with Crippen LogP contribution in [0.2, 0.25) is 0 Å². The molecule has 166 valence electrons. The van der Waals surface area contributed by atoms with Crippen LogP contribution in [0.3, 0.4) is 0 Å². The summed E-state index contributed by atoms with van der Waals surface area (Å²) in [5.41, 5.74) is 3.75. The number of fused-ring (bicyclic) bond motifs is 2. The quantitative estimate of drug-likeness (QED) is 0.256. The monoisotopic (exact) mass is 430 g/mol. The van der Waals surface area contributed by atoms with E-state index in [-0.39, 0.29) is 5.75 Å². The second-order valence-electron chi connectivity index (χ2n) is 8.52. The van der Waals surface area contributed by atoms with Crippen LogP contribution in [0.1, 0.15) is 64.4 Å². The molecule has 2 heterocycles. The summed E-state index contributed by atoms with van der Waals surface area (Å²) in [5.74, 6) is -0.201. The molecule has 0 fully saturated rings.